The van der Waals surface area contributed by atoms with Crippen molar-refractivity contribution < 1.29 is 19.3 Å². The van der Waals surface area contributed by atoms with Crippen molar-refractivity contribution in [1.82, 2.24) is 5.32 Å². The molecule has 1 aliphatic heterocycles. The van der Waals surface area contributed by atoms with Crippen LogP contribution >= 0.6 is 0 Å². The second-order valence-corrected chi connectivity index (χ2v) is 4.02. The standard InChI is InChI=1S/C11H23NO4/c1-14-5-6-15-8-10(13)9-16-11-3-2-4-12-7-11/h10-13H,2-9H2,1H3/t10?,11-/m0/s1. The fourth-order valence-electron chi connectivity index (χ4n) is 1.62. The molecule has 1 heterocycles. The molecule has 1 aliphatic rings. The summed E-state index contributed by atoms with van der Waals surface area (Å²) in [6, 6.07) is 0. The lowest BCUT2D eigenvalue weighted by Gasteiger charge is -2.24. The molecule has 1 unspecified atom stereocenters. The van der Waals surface area contributed by atoms with Crippen LogP contribution in [0.5, 0.6) is 0 Å². The highest BCUT2D eigenvalue weighted by Crippen LogP contribution is 2.06. The van der Waals surface area contributed by atoms with Gasteiger partial charge in [-0.2, -0.15) is 0 Å². The second-order valence-electron chi connectivity index (χ2n) is 4.02. The number of piperidine rings is 1. The third-order valence-corrected chi connectivity index (χ3v) is 2.52. The van der Waals surface area contributed by atoms with Gasteiger partial charge in [0, 0.05) is 13.7 Å². The molecule has 5 heteroatoms. The summed E-state index contributed by atoms with van der Waals surface area (Å²) in [6.07, 6.45) is 1.91. The molecule has 96 valence electrons. The van der Waals surface area contributed by atoms with E-state index in [-0.39, 0.29) is 6.10 Å². The Bertz CT molecular complexity index is 162. The average molecular weight is 233 g/mol. The van der Waals surface area contributed by atoms with Crippen molar-refractivity contribution in [3.63, 3.8) is 0 Å². The van der Waals surface area contributed by atoms with E-state index in [0.29, 0.717) is 26.4 Å². The Balaban J connectivity index is 1.94. The van der Waals surface area contributed by atoms with E-state index >= 15 is 0 Å². The Morgan fingerprint density at radius 3 is 2.94 bits per heavy atom. The number of hydrogen-bond donors (Lipinski definition) is 2. The van der Waals surface area contributed by atoms with Crippen LogP contribution in [0.25, 0.3) is 0 Å². The Labute approximate surface area is 97.1 Å². The minimum Gasteiger partial charge on any atom is -0.388 e. The molecular formula is C11H23NO4. The minimum atomic E-state index is -0.543. The summed E-state index contributed by atoms with van der Waals surface area (Å²) in [5.74, 6) is 0. The van der Waals surface area contributed by atoms with Gasteiger partial charge in [-0.15, -0.1) is 0 Å². The second kappa shape index (κ2) is 8.90. The number of aliphatic hydroxyl groups excluding tert-OH is 1. The highest BCUT2D eigenvalue weighted by Gasteiger charge is 2.15. The molecule has 0 amide bonds. The fraction of sp³-hybridized carbons (Fsp3) is 1.00. The third kappa shape index (κ3) is 6.40. The first kappa shape index (κ1) is 13.9. The van der Waals surface area contributed by atoms with Crippen LogP contribution in [0.1, 0.15) is 12.8 Å². The van der Waals surface area contributed by atoms with Crippen molar-refractivity contribution in [2.24, 2.45) is 0 Å². The Hall–Kier alpha value is -0.200. The van der Waals surface area contributed by atoms with E-state index in [0.717, 1.165) is 25.9 Å². The molecule has 0 bridgehead atoms. The number of nitrogens with one attached hydrogen (secondary N) is 1. The Kier molecular flexibility index (Phi) is 7.71. The molecule has 0 spiro atoms. The summed E-state index contributed by atoms with van der Waals surface area (Å²) < 4.78 is 15.6. The van der Waals surface area contributed by atoms with E-state index in [4.69, 9.17) is 14.2 Å². The molecule has 0 aromatic rings. The van der Waals surface area contributed by atoms with Crippen LogP contribution in [0, 0.1) is 0 Å². The van der Waals surface area contributed by atoms with Crippen molar-refractivity contribution >= 4 is 0 Å². The lowest BCUT2D eigenvalue weighted by molar-refractivity contribution is -0.0540. The zero-order valence-corrected chi connectivity index (χ0v) is 9.98. The summed E-state index contributed by atoms with van der Waals surface area (Å²) in [4.78, 5) is 0. The van der Waals surface area contributed by atoms with Gasteiger partial charge < -0.3 is 24.6 Å². The van der Waals surface area contributed by atoms with Crippen LogP contribution in [-0.4, -0.2) is 63.9 Å². The molecule has 0 aromatic carbocycles. The average Bonchev–Trinajstić information content (AvgIpc) is 2.33. The van der Waals surface area contributed by atoms with Crippen molar-refractivity contribution in [3.8, 4) is 0 Å². The van der Waals surface area contributed by atoms with Gasteiger partial charge in [0.15, 0.2) is 0 Å². The van der Waals surface area contributed by atoms with Crippen LogP contribution < -0.4 is 5.32 Å². The predicted octanol–water partition coefficient (Wildman–Crippen LogP) is -0.221. The van der Waals surface area contributed by atoms with Crippen molar-refractivity contribution in [2.45, 2.75) is 25.0 Å². The number of aliphatic hydroxyl groups is 1. The summed E-state index contributed by atoms with van der Waals surface area (Å²) in [5, 5.41) is 12.8. The van der Waals surface area contributed by atoms with Gasteiger partial charge in [0.05, 0.1) is 32.5 Å². The van der Waals surface area contributed by atoms with E-state index in [1.54, 1.807) is 7.11 Å². The minimum absolute atomic E-state index is 0.238. The number of ether oxygens (including phenoxy) is 3. The van der Waals surface area contributed by atoms with Gasteiger partial charge in [0.2, 0.25) is 0 Å². The molecule has 1 rings (SSSR count). The topological polar surface area (TPSA) is 60.0 Å². The largest absolute Gasteiger partial charge is 0.388 e. The lowest BCUT2D eigenvalue weighted by atomic mass is 10.1. The first-order valence-electron chi connectivity index (χ1n) is 5.90. The van der Waals surface area contributed by atoms with Crippen LogP contribution in [0.3, 0.4) is 0 Å². The van der Waals surface area contributed by atoms with Gasteiger partial charge in [-0.25, -0.2) is 0 Å². The Morgan fingerprint density at radius 1 is 1.38 bits per heavy atom. The maximum atomic E-state index is 9.57. The van der Waals surface area contributed by atoms with Crippen LogP contribution in [0.2, 0.25) is 0 Å². The van der Waals surface area contributed by atoms with E-state index in [9.17, 15) is 5.11 Å². The summed E-state index contributed by atoms with van der Waals surface area (Å²) in [6.45, 7) is 3.68. The van der Waals surface area contributed by atoms with Crippen LogP contribution in [-0.2, 0) is 14.2 Å². The molecule has 16 heavy (non-hydrogen) atoms. The Morgan fingerprint density at radius 2 is 2.25 bits per heavy atom. The number of methoxy groups -OCH3 is 1. The molecule has 2 N–H and O–H groups in total. The summed E-state index contributed by atoms with van der Waals surface area (Å²) >= 11 is 0. The molecule has 1 fully saturated rings. The van der Waals surface area contributed by atoms with E-state index in [1.165, 1.54) is 0 Å². The lowest BCUT2D eigenvalue weighted by Crippen LogP contribution is -2.37. The molecule has 0 aromatic heterocycles. The zero-order valence-electron chi connectivity index (χ0n) is 9.98. The monoisotopic (exact) mass is 233 g/mol. The molecule has 0 saturated carbocycles. The van der Waals surface area contributed by atoms with Gasteiger partial charge in [-0.05, 0) is 19.4 Å². The van der Waals surface area contributed by atoms with Crippen LogP contribution in [0.15, 0.2) is 0 Å². The van der Waals surface area contributed by atoms with Gasteiger partial charge in [-0.1, -0.05) is 0 Å². The first-order valence-corrected chi connectivity index (χ1v) is 5.90. The van der Waals surface area contributed by atoms with Crippen molar-refractivity contribution in [2.75, 3.05) is 46.6 Å². The third-order valence-electron chi connectivity index (χ3n) is 2.52. The van der Waals surface area contributed by atoms with Crippen LogP contribution in [0.4, 0.5) is 0 Å². The van der Waals surface area contributed by atoms with Crippen molar-refractivity contribution in [1.29, 1.82) is 0 Å². The quantitative estimate of drug-likeness (QED) is 0.568. The molecule has 0 radical (unpaired) electrons. The predicted molar refractivity (Wildman–Crippen MR) is 60.5 cm³/mol. The zero-order chi connectivity index (χ0) is 11.6. The molecule has 2 atom stereocenters. The normalized spacial score (nSPS) is 23.2. The number of rotatable bonds is 8. The van der Waals surface area contributed by atoms with Gasteiger partial charge in [0.1, 0.15) is 6.10 Å². The smallest absolute Gasteiger partial charge is 0.101 e. The highest BCUT2D eigenvalue weighted by molar-refractivity contribution is 4.69. The number of hydrogen-bond acceptors (Lipinski definition) is 5. The maximum Gasteiger partial charge on any atom is 0.101 e. The van der Waals surface area contributed by atoms with Gasteiger partial charge in [-0.3, -0.25) is 0 Å². The highest BCUT2D eigenvalue weighted by atomic mass is 16.5. The first-order chi connectivity index (χ1) is 7.83. The van der Waals surface area contributed by atoms with Crippen molar-refractivity contribution in [3.05, 3.63) is 0 Å². The summed E-state index contributed by atoms with van der Waals surface area (Å²) in [5.41, 5.74) is 0. The SMILES string of the molecule is COCCOCC(O)CO[C@H]1CCCNC1. The van der Waals surface area contributed by atoms with E-state index in [1.807, 2.05) is 0 Å². The van der Waals surface area contributed by atoms with Gasteiger partial charge in [0.25, 0.3) is 0 Å². The summed E-state index contributed by atoms with van der Waals surface area (Å²) in [7, 11) is 1.62. The van der Waals surface area contributed by atoms with E-state index in [2.05, 4.69) is 5.32 Å². The molecule has 5 nitrogen and oxygen atoms in total. The maximum absolute atomic E-state index is 9.57. The van der Waals surface area contributed by atoms with Gasteiger partial charge >= 0.3 is 0 Å². The molecule has 1 saturated heterocycles. The fourth-order valence-corrected chi connectivity index (χ4v) is 1.62. The van der Waals surface area contributed by atoms with E-state index < -0.39 is 6.10 Å². The molecular weight excluding hydrogens is 210 g/mol. The molecule has 0 aliphatic carbocycles.